The molecule has 1 aromatic rings. The van der Waals surface area contributed by atoms with E-state index in [2.05, 4.69) is 38.8 Å². The highest BCUT2D eigenvalue weighted by molar-refractivity contribution is 6.74. The molecule has 26 heavy (non-hydrogen) atoms. The third-order valence-corrected chi connectivity index (χ3v) is 10.1. The number of hydrogen-bond acceptors (Lipinski definition) is 5. The molecule has 1 unspecified atom stereocenters. The van der Waals surface area contributed by atoms with Crippen molar-refractivity contribution in [1.82, 2.24) is 9.55 Å². The molecule has 0 amide bonds. The lowest BCUT2D eigenvalue weighted by atomic mass is 10.2. The largest absolute Gasteiger partial charge is 0.414 e. The molecule has 0 aromatic carbocycles. The second-order valence-corrected chi connectivity index (χ2v) is 13.4. The third-order valence-electron chi connectivity index (χ3n) is 5.60. The van der Waals surface area contributed by atoms with Gasteiger partial charge in [0.2, 0.25) is 0 Å². The molecule has 144 valence electrons. The lowest BCUT2D eigenvalue weighted by Crippen LogP contribution is -2.50. The zero-order valence-electron chi connectivity index (χ0n) is 16.2. The summed E-state index contributed by atoms with van der Waals surface area (Å²) in [6.45, 7) is 13.0. The molecule has 1 fully saturated rings. The van der Waals surface area contributed by atoms with Gasteiger partial charge in [-0.05, 0) is 25.1 Å². The molecular formula is C18H28N2O5Si. The van der Waals surface area contributed by atoms with Gasteiger partial charge in [0.1, 0.15) is 18.3 Å². The number of nitrogens with one attached hydrogen (secondary N) is 1. The molecular weight excluding hydrogens is 352 g/mol. The number of H-pyrrole nitrogens is 1. The number of fused-ring (bicyclic) bond motifs is 2. The Kier molecular flexibility index (Phi) is 4.89. The minimum atomic E-state index is -1.92. The van der Waals surface area contributed by atoms with E-state index in [9.17, 15) is 9.59 Å². The number of aryl methyl sites for hydroxylation is 1. The van der Waals surface area contributed by atoms with Crippen LogP contribution in [0.3, 0.4) is 0 Å². The van der Waals surface area contributed by atoms with Gasteiger partial charge in [-0.3, -0.25) is 14.3 Å². The lowest BCUT2D eigenvalue weighted by Gasteiger charge is -2.40. The number of aromatic amines is 1. The van der Waals surface area contributed by atoms with E-state index in [-0.39, 0.29) is 28.9 Å². The molecule has 0 radical (unpaired) electrons. The fourth-order valence-electron chi connectivity index (χ4n) is 2.84. The molecule has 1 aromatic heterocycles. The summed E-state index contributed by atoms with van der Waals surface area (Å²) in [6, 6.07) is 0. The summed E-state index contributed by atoms with van der Waals surface area (Å²) in [5.41, 5.74) is -0.441. The predicted octanol–water partition coefficient (Wildman–Crippen LogP) is 2.09. The number of ether oxygens (including phenoxy) is 2. The van der Waals surface area contributed by atoms with Crippen molar-refractivity contribution in [2.24, 2.45) is 0 Å². The van der Waals surface area contributed by atoms with Gasteiger partial charge < -0.3 is 13.9 Å². The Labute approximate surface area is 154 Å². The van der Waals surface area contributed by atoms with Crippen LogP contribution < -0.4 is 11.2 Å². The first kappa shape index (κ1) is 19.3. The van der Waals surface area contributed by atoms with Crippen LogP contribution in [0.4, 0.5) is 0 Å². The van der Waals surface area contributed by atoms with Gasteiger partial charge in [0.15, 0.2) is 14.5 Å². The van der Waals surface area contributed by atoms with Crippen molar-refractivity contribution >= 4 is 8.32 Å². The van der Waals surface area contributed by atoms with Gasteiger partial charge in [-0.25, -0.2) is 4.79 Å². The minimum absolute atomic E-state index is 0.100. The van der Waals surface area contributed by atoms with Crippen LogP contribution in [0.1, 0.15) is 32.6 Å². The molecule has 2 aliphatic heterocycles. The summed E-state index contributed by atoms with van der Waals surface area (Å²) in [6.07, 6.45) is 3.94. The Morgan fingerprint density at radius 2 is 1.85 bits per heavy atom. The van der Waals surface area contributed by atoms with Gasteiger partial charge in [0.05, 0.1) is 6.61 Å². The average molecular weight is 381 g/mol. The molecule has 7 nitrogen and oxygen atoms in total. The Morgan fingerprint density at radius 1 is 1.19 bits per heavy atom. The van der Waals surface area contributed by atoms with Crippen LogP contribution in [0.2, 0.25) is 18.1 Å². The zero-order chi connectivity index (χ0) is 19.3. The maximum atomic E-state index is 12.2. The van der Waals surface area contributed by atoms with Gasteiger partial charge in [-0.1, -0.05) is 32.9 Å². The van der Waals surface area contributed by atoms with Gasteiger partial charge in [0, 0.05) is 11.8 Å². The van der Waals surface area contributed by atoms with E-state index in [4.69, 9.17) is 13.9 Å². The zero-order valence-corrected chi connectivity index (χ0v) is 17.2. The van der Waals surface area contributed by atoms with Crippen molar-refractivity contribution in [3.05, 3.63) is 44.8 Å². The van der Waals surface area contributed by atoms with E-state index in [1.807, 2.05) is 12.2 Å². The number of nitrogens with zero attached hydrogens (tertiary/aromatic N) is 1. The van der Waals surface area contributed by atoms with Gasteiger partial charge in [-0.15, -0.1) is 0 Å². The number of aromatic nitrogens is 2. The van der Waals surface area contributed by atoms with Crippen LogP contribution >= 0.6 is 0 Å². The highest BCUT2D eigenvalue weighted by atomic mass is 28.4. The molecule has 0 saturated carbocycles. The normalized spacial score (nSPS) is 28.5. The minimum Gasteiger partial charge on any atom is -0.414 e. The average Bonchev–Trinajstić information content (AvgIpc) is 2.94. The molecule has 1 saturated heterocycles. The quantitative estimate of drug-likeness (QED) is 0.639. The van der Waals surface area contributed by atoms with Crippen LogP contribution in [-0.4, -0.2) is 42.8 Å². The van der Waals surface area contributed by atoms with E-state index >= 15 is 0 Å². The van der Waals surface area contributed by atoms with Gasteiger partial charge in [-0.2, -0.15) is 0 Å². The summed E-state index contributed by atoms with van der Waals surface area (Å²) in [5.74, 6) is 0. The van der Waals surface area contributed by atoms with E-state index < -0.39 is 20.2 Å². The highest BCUT2D eigenvalue weighted by Crippen LogP contribution is 2.38. The molecule has 1 N–H and O–H groups in total. The topological polar surface area (TPSA) is 82.6 Å². The summed E-state index contributed by atoms with van der Waals surface area (Å²) < 4.78 is 19.9. The van der Waals surface area contributed by atoms with Crippen molar-refractivity contribution in [2.75, 3.05) is 6.61 Å². The van der Waals surface area contributed by atoms with E-state index in [1.54, 1.807) is 6.92 Å². The first-order chi connectivity index (χ1) is 12.0. The maximum absolute atomic E-state index is 12.2. The molecule has 2 bridgehead atoms. The Bertz CT molecular complexity index is 820. The van der Waals surface area contributed by atoms with Crippen molar-refractivity contribution in [3.8, 4) is 0 Å². The molecule has 2 aliphatic rings. The highest BCUT2D eigenvalue weighted by Gasteiger charge is 2.44. The van der Waals surface area contributed by atoms with Gasteiger partial charge in [0.25, 0.3) is 5.56 Å². The van der Waals surface area contributed by atoms with Crippen LogP contribution in [0.25, 0.3) is 0 Å². The van der Waals surface area contributed by atoms with Crippen LogP contribution in [0.5, 0.6) is 0 Å². The van der Waals surface area contributed by atoms with E-state index in [0.717, 1.165) is 0 Å². The number of hydrogen-bond donors (Lipinski definition) is 1. The van der Waals surface area contributed by atoms with Crippen molar-refractivity contribution in [3.63, 3.8) is 0 Å². The summed E-state index contributed by atoms with van der Waals surface area (Å²) in [7, 11) is -1.92. The summed E-state index contributed by atoms with van der Waals surface area (Å²) in [4.78, 5) is 26.2. The fraction of sp³-hybridized carbons (Fsp3) is 0.667. The monoisotopic (exact) mass is 380 g/mol. The lowest BCUT2D eigenvalue weighted by molar-refractivity contribution is -0.217. The number of rotatable bonds is 4. The van der Waals surface area contributed by atoms with Crippen molar-refractivity contribution in [1.29, 1.82) is 0 Å². The molecule has 3 rings (SSSR count). The van der Waals surface area contributed by atoms with Gasteiger partial charge >= 0.3 is 5.69 Å². The van der Waals surface area contributed by atoms with E-state index in [0.29, 0.717) is 12.2 Å². The first-order valence-corrected chi connectivity index (χ1v) is 11.9. The standard InChI is InChI=1S/C18H28N2O5Si/c1-11-9-20(17(22)19-15(11)21)16-13-8-7-12(24-13)14(25-16)10-23-26(5,6)18(2,3)4/h7-9,12-14,16H,10H2,1-6H3,(H,19,21,22)/t12-,13-,14-,16?/m0/s1. The first-order valence-electron chi connectivity index (χ1n) is 8.95. The smallest absolute Gasteiger partial charge is 0.330 e. The fourth-order valence-corrected chi connectivity index (χ4v) is 3.85. The van der Waals surface area contributed by atoms with E-state index in [1.165, 1.54) is 10.8 Å². The Balaban J connectivity index is 1.81. The molecule has 3 heterocycles. The summed E-state index contributed by atoms with van der Waals surface area (Å²) in [5, 5.41) is 0.100. The molecule has 4 atom stereocenters. The van der Waals surface area contributed by atoms with Crippen molar-refractivity contribution in [2.45, 2.75) is 70.4 Å². The Hall–Kier alpha value is -1.48. The second-order valence-electron chi connectivity index (χ2n) is 8.57. The maximum Gasteiger partial charge on any atom is 0.330 e. The molecule has 0 aliphatic carbocycles. The van der Waals surface area contributed by atoms with Crippen LogP contribution in [0.15, 0.2) is 27.9 Å². The summed E-state index contributed by atoms with van der Waals surface area (Å²) >= 11 is 0. The third kappa shape index (κ3) is 3.51. The van der Waals surface area contributed by atoms with Crippen LogP contribution in [0, 0.1) is 6.92 Å². The Morgan fingerprint density at radius 3 is 2.50 bits per heavy atom. The predicted molar refractivity (Wildman–Crippen MR) is 101 cm³/mol. The second kappa shape index (κ2) is 6.60. The van der Waals surface area contributed by atoms with Crippen LogP contribution in [-0.2, 0) is 13.9 Å². The molecule has 0 spiro atoms. The SMILES string of the molecule is Cc1cn(C2O[C@@H](CO[Si](C)(C)C(C)(C)C)[C@@H]3C=C[C@@H]2O3)c(=O)[nH]c1=O. The molecule has 8 heteroatoms. The van der Waals surface area contributed by atoms with Crippen molar-refractivity contribution < 1.29 is 13.9 Å².